The maximum atomic E-state index is 13.2. The Labute approximate surface area is 172 Å². The molecule has 0 aliphatic carbocycles. The number of rotatable bonds is 4. The number of nitrogens with two attached hydrogens (primary N) is 1. The maximum absolute atomic E-state index is 13.2. The molecule has 0 saturated heterocycles. The van der Waals surface area contributed by atoms with Crippen LogP contribution in [0.5, 0.6) is 0 Å². The number of anilines is 1. The number of aromatic nitrogens is 3. The van der Waals surface area contributed by atoms with Crippen LogP contribution in [0.1, 0.15) is 28.4 Å². The van der Waals surface area contributed by atoms with Crippen molar-refractivity contribution in [1.29, 1.82) is 0 Å². The van der Waals surface area contributed by atoms with E-state index in [0.717, 1.165) is 12.1 Å². The highest BCUT2D eigenvalue weighted by molar-refractivity contribution is 9.10. The first-order chi connectivity index (χ1) is 13.6. The number of nitrogen functional groups attached to an aromatic ring is 1. The number of aromatic amines is 1. The van der Waals surface area contributed by atoms with Crippen LogP contribution in [0, 0.1) is 6.92 Å². The average molecular weight is 469 g/mol. The second-order valence-corrected chi connectivity index (χ2v) is 7.00. The molecule has 0 aliphatic rings. The number of ether oxygens (including phenoxy) is 1. The number of alkyl halides is 3. The highest BCUT2D eigenvalue weighted by Gasteiger charge is 2.32. The third-order valence-electron chi connectivity index (χ3n) is 4.17. The first-order valence-electron chi connectivity index (χ1n) is 8.48. The fourth-order valence-corrected chi connectivity index (χ4v) is 3.21. The van der Waals surface area contributed by atoms with Crippen LogP contribution in [0.15, 0.2) is 34.9 Å². The molecule has 10 heteroatoms. The van der Waals surface area contributed by atoms with Crippen LogP contribution in [0.2, 0.25) is 0 Å². The lowest BCUT2D eigenvalue weighted by Gasteiger charge is -2.12. The van der Waals surface area contributed by atoms with Crippen molar-refractivity contribution in [2.75, 3.05) is 12.3 Å². The fraction of sp³-hybridized carbons (Fsp3) is 0.211. The van der Waals surface area contributed by atoms with Crippen molar-refractivity contribution >= 4 is 27.8 Å². The molecule has 29 heavy (non-hydrogen) atoms. The van der Waals surface area contributed by atoms with Crippen LogP contribution < -0.4 is 5.73 Å². The van der Waals surface area contributed by atoms with Gasteiger partial charge in [-0.1, -0.05) is 6.07 Å². The first-order valence-corrected chi connectivity index (χ1v) is 9.27. The van der Waals surface area contributed by atoms with Gasteiger partial charge in [-0.15, -0.1) is 0 Å². The number of nitrogens with one attached hydrogen (secondary N) is 1. The van der Waals surface area contributed by atoms with Gasteiger partial charge in [0, 0.05) is 11.8 Å². The Morgan fingerprint density at radius 1 is 1.31 bits per heavy atom. The Kier molecular flexibility index (Phi) is 5.65. The molecule has 0 radical (unpaired) electrons. The summed E-state index contributed by atoms with van der Waals surface area (Å²) >= 11 is 3.31. The molecule has 0 unspecified atom stereocenters. The summed E-state index contributed by atoms with van der Waals surface area (Å²) in [6.07, 6.45) is -3.08. The molecule has 3 aromatic rings. The van der Waals surface area contributed by atoms with Crippen molar-refractivity contribution in [3.63, 3.8) is 0 Å². The third-order valence-corrected chi connectivity index (χ3v) is 4.75. The zero-order chi connectivity index (χ0) is 21.3. The van der Waals surface area contributed by atoms with Gasteiger partial charge in [-0.05, 0) is 53.5 Å². The number of halogens is 4. The van der Waals surface area contributed by atoms with E-state index in [1.807, 2.05) is 0 Å². The number of nitrogens with zero attached hydrogens (tertiary/aromatic N) is 2. The molecule has 152 valence electrons. The fourth-order valence-electron chi connectivity index (χ4n) is 2.80. The van der Waals surface area contributed by atoms with Gasteiger partial charge in [0.25, 0.3) is 0 Å². The smallest absolute Gasteiger partial charge is 0.416 e. The second-order valence-electron chi connectivity index (χ2n) is 6.14. The topological polar surface area (TPSA) is 93.9 Å². The molecule has 3 rings (SSSR count). The number of carbonyl (C=O) groups is 1. The molecular formula is C19H16BrF3N4O2. The van der Waals surface area contributed by atoms with Crippen LogP contribution >= 0.6 is 15.9 Å². The number of carbonyl (C=O) groups excluding carboxylic acids is 1. The minimum absolute atomic E-state index is 0.00674. The van der Waals surface area contributed by atoms with Gasteiger partial charge in [0.05, 0.1) is 33.6 Å². The van der Waals surface area contributed by atoms with Crippen molar-refractivity contribution in [2.45, 2.75) is 20.0 Å². The van der Waals surface area contributed by atoms with Crippen molar-refractivity contribution in [3.8, 4) is 22.6 Å². The molecule has 2 aromatic heterocycles. The summed E-state index contributed by atoms with van der Waals surface area (Å²) in [5.74, 6) is -0.660. The molecule has 0 saturated carbocycles. The van der Waals surface area contributed by atoms with Crippen LogP contribution in [0.3, 0.4) is 0 Å². The molecule has 0 atom stereocenters. The van der Waals surface area contributed by atoms with Crippen LogP contribution in [0.25, 0.3) is 22.6 Å². The number of benzene rings is 1. The Bertz CT molecular complexity index is 1080. The number of H-pyrrole nitrogens is 1. The molecule has 2 heterocycles. The van der Waals surface area contributed by atoms with E-state index in [1.54, 1.807) is 13.8 Å². The second kappa shape index (κ2) is 7.86. The molecule has 0 spiro atoms. The van der Waals surface area contributed by atoms with E-state index >= 15 is 0 Å². The van der Waals surface area contributed by atoms with Crippen molar-refractivity contribution in [3.05, 3.63) is 51.6 Å². The summed E-state index contributed by atoms with van der Waals surface area (Å²) in [5, 5.41) is 0. The summed E-state index contributed by atoms with van der Waals surface area (Å²) in [4.78, 5) is 23.5. The van der Waals surface area contributed by atoms with Gasteiger partial charge in [-0.25, -0.2) is 14.8 Å². The van der Waals surface area contributed by atoms with E-state index in [1.165, 1.54) is 18.3 Å². The van der Waals surface area contributed by atoms with Crippen molar-refractivity contribution < 1.29 is 22.7 Å². The number of hydrogen-bond acceptors (Lipinski definition) is 5. The molecule has 0 amide bonds. The summed E-state index contributed by atoms with van der Waals surface area (Å²) in [7, 11) is 0. The Hall–Kier alpha value is -2.88. The van der Waals surface area contributed by atoms with Gasteiger partial charge in [-0.2, -0.15) is 13.2 Å². The van der Waals surface area contributed by atoms with Gasteiger partial charge in [0.15, 0.2) is 0 Å². The minimum Gasteiger partial charge on any atom is -0.462 e. The lowest BCUT2D eigenvalue weighted by molar-refractivity contribution is -0.137. The predicted molar refractivity (Wildman–Crippen MR) is 105 cm³/mol. The van der Waals surface area contributed by atoms with Crippen LogP contribution in [0.4, 0.5) is 19.1 Å². The van der Waals surface area contributed by atoms with Crippen LogP contribution in [-0.4, -0.2) is 27.5 Å². The third kappa shape index (κ3) is 4.26. The molecule has 1 aromatic carbocycles. The van der Waals surface area contributed by atoms with Crippen molar-refractivity contribution in [2.24, 2.45) is 0 Å². The maximum Gasteiger partial charge on any atom is 0.416 e. The molecule has 3 N–H and O–H groups in total. The molecule has 0 aliphatic heterocycles. The molecular weight excluding hydrogens is 453 g/mol. The SMILES string of the molecule is CCOC(=O)c1cc(-c2nc(N)ncc2Br)[nH]c1-c1cc(C(F)(F)F)ccc1C. The van der Waals surface area contributed by atoms with Gasteiger partial charge in [0.1, 0.15) is 5.69 Å². The molecule has 6 nitrogen and oxygen atoms in total. The highest BCUT2D eigenvalue weighted by Crippen LogP contribution is 2.37. The zero-order valence-electron chi connectivity index (χ0n) is 15.4. The van der Waals surface area contributed by atoms with E-state index in [2.05, 4.69) is 30.9 Å². The van der Waals surface area contributed by atoms with E-state index in [-0.39, 0.29) is 29.4 Å². The first kappa shape index (κ1) is 20.8. The zero-order valence-corrected chi connectivity index (χ0v) is 17.0. The number of hydrogen-bond donors (Lipinski definition) is 2. The average Bonchev–Trinajstić information content (AvgIpc) is 3.08. The summed E-state index contributed by atoms with van der Waals surface area (Å²) in [5.41, 5.74) is 6.63. The monoisotopic (exact) mass is 468 g/mol. The van der Waals surface area contributed by atoms with Gasteiger partial charge < -0.3 is 15.5 Å². The summed E-state index contributed by atoms with van der Waals surface area (Å²) < 4.78 is 45.2. The Morgan fingerprint density at radius 3 is 2.69 bits per heavy atom. The highest BCUT2D eigenvalue weighted by atomic mass is 79.9. The van der Waals surface area contributed by atoms with E-state index in [4.69, 9.17) is 10.5 Å². The lowest BCUT2D eigenvalue weighted by atomic mass is 9.99. The van der Waals surface area contributed by atoms with E-state index in [0.29, 0.717) is 21.4 Å². The lowest BCUT2D eigenvalue weighted by Crippen LogP contribution is -2.07. The standard InChI is InChI=1S/C19H16BrF3N4O2/c1-3-29-17(28)12-7-14(16-13(20)8-25-18(24)27-16)26-15(12)11-6-10(19(21,22)23)5-4-9(11)2/h4-8,26H,3H2,1-2H3,(H2,24,25,27). The Balaban J connectivity index is 2.24. The van der Waals surface area contributed by atoms with Gasteiger partial charge >= 0.3 is 12.1 Å². The van der Waals surface area contributed by atoms with Crippen LogP contribution in [-0.2, 0) is 10.9 Å². The number of esters is 1. The van der Waals surface area contributed by atoms with Gasteiger partial charge in [-0.3, -0.25) is 0 Å². The molecule has 0 bridgehead atoms. The van der Waals surface area contributed by atoms with Gasteiger partial charge in [0.2, 0.25) is 5.95 Å². The normalized spacial score (nSPS) is 11.5. The summed E-state index contributed by atoms with van der Waals surface area (Å²) in [6.45, 7) is 3.41. The Morgan fingerprint density at radius 2 is 2.03 bits per heavy atom. The largest absolute Gasteiger partial charge is 0.462 e. The number of aryl methyl sites for hydroxylation is 1. The quantitative estimate of drug-likeness (QED) is 0.526. The van der Waals surface area contributed by atoms with E-state index in [9.17, 15) is 18.0 Å². The van der Waals surface area contributed by atoms with E-state index < -0.39 is 17.7 Å². The van der Waals surface area contributed by atoms with Crippen molar-refractivity contribution in [1.82, 2.24) is 15.0 Å². The predicted octanol–water partition coefficient (Wildman–Crippen LogP) is 4.99. The molecule has 0 fully saturated rings. The summed E-state index contributed by atoms with van der Waals surface area (Å²) in [6, 6.07) is 4.82. The minimum atomic E-state index is -4.52.